The third-order valence-electron chi connectivity index (χ3n) is 5.83. The van der Waals surface area contributed by atoms with E-state index in [-0.39, 0.29) is 11.9 Å². The minimum absolute atomic E-state index is 0.0689. The van der Waals surface area contributed by atoms with Crippen LogP contribution < -0.4 is 0 Å². The molecule has 0 spiro atoms. The first-order valence-electron chi connectivity index (χ1n) is 9.32. The van der Waals surface area contributed by atoms with Crippen LogP contribution in [0, 0.1) is 19.8 Å². The Balaban J connectivity index is 1.82. The molecule has 2 heterocycles. The predicted molar refractivity (Wildman–Crippen MR) is 99.4 cm³/mol. The van der Waals surface area contributed by atoms with E-state index in [1.54, 1.807) is 4.90 Å². The van der Waals surface area contributed by atoms with E-state index in [0.717, 1.165) is 40.6 Å². The Bertz CT molecular complexity index is 917. The molecule has 1 aromatic carbocycles. The highest BCUT2D eigenvalue weighted by molar-refractivity contribution is 6.07. The van der Waals surface area contributed by atoms with Gasteiger partial charge in [0.15, 0.2) is 0 Å². The molecule has 1 saturated heterocycles. The number of aliphatic carboxylic acids is 1. The van der Waals surface area contributed by atoms with Crippen LogP contribution >= 0.6 is 0 Å². The van der Waals surface area contributed by atoms with Crippen molar-refractivity contribution in [2.45, 2.75) is 52.0 Å². The molecule has 5 heteroatoms. The van der Waals surface area contributed by atoms with E-state index in [1.807, 2.05) is 32.9 Å². The van der Waals surface area contributed by atoms with Gasteiger partial charge in [-0.15, -0.1) is 0 Å². The molecule has 1 aliphatic carbocycles. The highest BCUT2D eigenvalue weighted by atomic mass is 16.4. The van der Waals surface area contributed by atoms with Crippen LogP contribution in [0.25, 0.3) is 10.9 Å². The quantitative estimate of drug-likeness (QED) is 0.915. The molecule has 1 saturated carbocycles. The van der Waals surface area contributed by atoms with Gasteiger partial charge in [0.1, 0.15) is 0 Å². The average Bonchev–Trinajstić information content (AvgIpc) is 3.35. The van der Waals surface area contributed by atoms with Crippen LogP contribution in [0.1, 0.15) is 59.3 Å². The summed E-state index contributed by atoms with van der Waals surface area (Å²) in [6.45, 7) is 6.39. The summed E-state index contributed by atoms with van der Waals surface area (Å²) in [5.74, 6) is -0.925. The van der Waals surface area contributed by atoms with E-state index in [1.165, 1.54) is 0 Å². The Morgan fingerprint density at radius 1 is 1.15 bits per heavy atom. The monoisotopic (exact) mass is 352 g/mol. The number of rotatable bonds is 3. The standard InChI is InChI=1S/C21H24N2O3/c1-11-8-12(2)19-16(9-11)17(10-18(22-19)14-4-5-14)20(24)23-7-6-15(13(23)3)21(25)26/h8-10,13-15H,4-7H2,1-3H3,(H,25,26). The number of benzene rings is 1. The molecule has 1 amide bonds. The fourth-order valence-corrected chi connectivity index (χ4v) is 4.18. The lowest BCUT2D eigenvalue weighted by Gasteiger charge is -2.24. The van der Waals surface area contributed by atoms with Gasteiger partial charge in [-0.3, -0.25) is 14.6 Å². The molecule has 2 fully saturated rings. The molecular weight excluding hydrogens is 328 g/mol. The average molecular weight is 352 g/mol. The summed E-state index contributed by atoms with van der Waals surface area (Å²) in [6.07, 6.45) is 2.76. The fraction of sp³-hybridized carbons (Fsp3) is 0.476. The predicted octanol–water partition coefficient (Wildman–Crippen LogP) is 3.66. The number of carboxylic acids is 1. The van der Waals surface area contributed by atoms with Gasteiger partial charge in [0.25, 0.3) is 5.91 Å². The van der Waals surface area contributed by atoms with Gasteiger partial charge in [-0.1, -0.05) is 11.6 Å². The van der Waals surface area contributed by atoms with E-state index in [2.05, 4.69) is 6.07 Å². The molecule has 4 rings (SSSR count). The second-order valence-electron chi connectivity index (χ2n) is 7.82. The third-order valence-corrected chi connectivity index (χ3v) is 5.83. The minimum Gasteiger partial charge on any atom is -0.481 e. The van der Waals surface area contributed by atoms with E-state index >= 15 is 0 Å². The number of aromatic nitrogens is 1. The van der Waals surface area contributed by atoms with E-state index in [9.17, 15) is 14.7 Å². The molecule has 1 aliphatic heterocycles. The van der Waals surface area contributed by atoms with Crippen molar-refractivity contribution in [3.63, 3.8) is 0 Å². The summed E-state index contributed by atoms with van der Waals surface area (Å²) in [5, 5.41) is 10.3. The van der Waals surface area contributed by atoms with Gasteiger partial charge >= 0.3 is 5.97 Å². The van der Waals surface area contributed by atoms with Crippen LogP contribution in [0.15, 0.2) is 18.2 Å². The summed E-state index contributed by atoms with van der Waals surface area (Å²) in [7, 11) is 0. The van der Waals surface area contributed by atoms with Gasteiger partial charge in [-0.2, -0.15) is 0 Å². The third kappa shape index (κ3) is 2.75. The van der Waals surface area contributed by atoms with Gasteiger partial charge in [0, 0.05) is 29.6 Å². The first-order chi connectivity index (χ1) is 12.4. The molecule has 1 aromatic heterocycles. The van der Waals surface area contributed by atoms with Crippen molar-refractivity contribution in [2.24, 2.45) is 5.92 Å². The number of amides is 1. The molecule has 0 bridgehead atoms. The summed E-state index contributed by atoms with van der Waals surface area (Å²) in [5.41, 5.74) is 4.73. The summed E-state index contributed by atoms with van der Waals surface area (Å²) in [6, 6.07) is 5.77. The Morgan fingerprint density at radius 2 is 1.88 bits per heavy atom. The number of likely N-dealkylation sites (tertiary alicyclic amines) is 1. The first-order valence-corrected chi connectivity index (χ1v) is 9.32. The first kappa shape index (κ1) is 17.0. The smallest absolute Gasteiger partial charge is 0.308 e. The van der Waals surface area contributed by atoms with Gasteiger partial charge in [-0.25, -0.2) is 0 Å². The number of aryl methyl sites for hydroxylation is 2. The molecule has 2 aromatic rings. The highest BCUT2D eigenvalue weighted by Crippen LogP contribution is 2.41. The molecule has 5 nitrogen and oxygen atoms in total. The molecule has 2 atom stereocenters. The lowest BCUT2D eigenvalue weighted by molar-refractivity contribution is -0.142. The normalized spacial score (nSPS) is 22.8. The molecule has 2 aliphatic rings. The second kappa shape index (κ2) is 6.08. The van der Waals surface area contributed by atoms with Crippen molar-refractivity contribution in [1.29, 1.82) is 0 Å². The lowest BCUT2D eigenvalue weighted by atomic mass is 9.99. The van der Waals surface area contributed by atoms with Crippen molar-refractivity contribution >= 4 is 22.8 Å². The fourth-order valence-electron chi connectivity index (χ4n) is 4.18. The van der Waals surface area contributed by atoms with E-state index in [0.29, 0.717) is 24.4 Å². The Kier molecular flexibility index (Phi) is 3.98. The maximum absolute atomic E-state index is 13.4. The van der Waals surface area contributed by atoms with Crippen LogP contribution in [0.2, 0.25) is 0 Å². The van der Waals surface area contributed by atoms with Crippen LogP contribution in [-0.2, 0) is 4.79 Å². The molecule has 26 heavy (non-hydrogen) atoms. The lowest BCUT2D eigenvalue weighted by Crippen LogP contribution is -2.37. The highest BCUT2D eigenvalue weighted by Gasteiger charge is 2.39. The van der Waals surface area contributed by atoms with Gasteiger partial charge < -0.3 is 10.0 Å². The Hall–Kier alpha value is -2.43. The van der Waals surface area contributed by atoms with Gasteiger partial charge in [0.2, 0.25) is 0 Å². The number of nitrogens with zero attached hydrogens (tertiary/aromatic N) is 2. The molecular formula is C21H24N2O3. The summed E-state index contributed by atoms with van der Waals surface area (Å²) < 4.78 is 0. The Morgan fingerprint density at radius 3 is 2.50 bits per heavy atom. The summed E-state index contributed by atoms with van der Waals surface area (Å²) >= 11 is 0. The maximum atomic E-state index is 13.4. The van der Waals surface area contributed by atoms with Crippen molar-refractivity contribution < 1.29 is 14.7 Å². The van der Waals surface area contributed by atoms with Crippen LogP contribution in [0.3, 0.4) is 0 Å². The number of fused-ring (bicyclic) bond motifs is 1. The number of hydrogen-bond acceptors (Lipinski definition) is 3. The zero-order chi connectivity index (χ0) is 18.6. The van der Waals surface area contributed by atoms with E-state index < -0.39 is 11.9 Å². The molecule has 1 N–H and O–H groups in total. The minimum atomic E-state index is -0.822. The molecule has 136 valence electrons. The zero-order valence-electron chi connectivity index (χ0n) is 15.5. The summed E-state index contributed by atoms with van der Waals surface area (Å²) in [4.78, 5) is 31.4. The van der Waals surface area contributed by atoms with E-state index in [4.69, 9.17) is 4.98 Å². The number of carboxylic acid groups (broad SMARTS) is 1. The van der Waals surface area contributed by atoms with Gasteiger partial charge in [-0.05, 0) is 57.7 Å². The largest absolute Gasteiger partial charge is 0.481 e. The number of carbonyl (C=O) groups excluding carboxylic acids is 1. The number of carbonyl (C=O) groups is 2. The second-order valence-corrected chi connectivity index (χ2v) is 7.82. The van der Waals surface area contributed by atoms with Crippen LogP contribution in [0.5, 0.6) is 0 Å². The molecule has 0 radical (unpaired) electrons. The molecule has 2 unspecified atom stereocenters. The van der Waals surface area contributed by atoms with Crippen molar-refractivity contribution in [2.75, 3.05) is 6.54 Å². The Labute approximate surface area is 153 Å². The zero-order valence-corrected chi connectivity index (χ0v) is 15.5. The van der Waals surface area contributed by atoms with Crippen molar-refractivity contribution in [3.8, 4) is 0 Å². The SMILES string of the molecule is Cc1cc(C)c2nc(C3CC3)cc(C(=O)N3CCC(C(=O)O)C3C)c2c1. The topological polar surface area (TPSA) is 70.5 Å². The van der Waals surface area contributed by atoms with Crippen molar-refractivity contribution in [1.82, 2.24) is 9.88 Å². The van der Waals surface area contributed by atoms with Crippen LogP contribution in [-0.4, -0.2) is 39.5 Å². The number of hydrogen-bond donors (Lipinski definition) is 1. The number of pyridine rings is 1. The van der Waals surface area contributed by atoms with Crippen molar-refractivity contribution in [3.05, 3.63) is 40.6 Å². The van der Waals surface area contributed by atoms with Gasteiger partial charge in [0.05, 0.1) is 17.0 Å². The maximum Gasteiger partial charge on any atom is 0.308 e. The van der Waals surface area contributed by atoms with Crippen LogP contribution in [0.4, 0.5) is 0 Å².